The highest BCUT2D eigenvalue weighted by molar-refractivity contribution is 5.92. The van der Waals surface area contributed by atoms with Gasteiger partial charge in [-0.3, -0.25) is 4.79 Å². The molecule has 6 heteroatoms. The highest BCUT2D eigenvalue weighted by Crippen LogP contribution is 2.28. The molecular weight excluding hydrogens is 330 g/mol. The number of benzene rings is 2. The molecule has 0 aliphatic carbocycles. The molecule has 2 aromatic rings. The molecule has 1 saturated heterocycles. The van der Waals surface area contributed by atoms with Crippen molar-refractivity contribution < 1.29 is 14.3 Å². The molecule has 3 rings (SSSR count). The van der Waals surface area contributed by atoms with Crippen LogP contribution in [-0.2, 0) is 4.79 Å². The summed E-state index contributed by atoms with van der Waals surface area (Å²) in [4.78, 5) is 14.5. The van der Waals surface area contributed by atoms with Gasteiger partial charge in [0, 0.05) is 30.5 Å². The van der Waals surface area contributed by atoms with E-state index in [0.717, 1.165) is 24.5 Å². The molecule has 0 saturated carbocycles. The van der Waals surface area contributed by atoms with Crippen LogP contribution in [0, 0.1) is 11.3 Å². The van der Waals surface area contributed by atoms with Crippen LogP contribution in [0.25, 0.3) is 0 Å². The van der Waals surface area contributed by atoms with Crippen LogP contribution in [0.2, 0.25) is 0 Å². The van der Waals surface area contributed by atoms with E-state index in [2.05, 4.69) is 16.3 Å². The van der Waals surface area contributed by atoms with Gasteiger partial charge in [-0.25, -0.2) is 0 Å². The van der Waals surface area contributed by atoms with Crippen molar-refractivity contribution >= 4 is 17.3 Å². The van der Waals surface area contributed by atoms with Gasteiger partial charge >= 0.3 is 0 Å². The van der Waals surface area contributed by atoms with Crippen molar-refractivity contribution in [1.82, 2.24) is 0 Å². The number of amides is 1. The number of methoxy groups -OCH3 is 1. The van der Waals surface area contributed by atoms with Gasteiger partial charge in [-0.15, -0.1) is 0 Å². The number of nitrogens with one attached hydrogen (secondary N) is 1. The first kappa shape index (κ1) is 17.6. The molecule has 26 heavy (non-hydrogen) atoms. The van der Waals surface area contributed by atoms with E-state index in [4.69, 9.17) is 14.7 Å². The number of nitrogens with zero attached hydrogens (tertiary/aromatic N) is 2. The van der Waals surface area contributed by atoms with Crippen molar-refractivity contribution in [2.75, 3.05) is 37.0 Å². The molecular formula is C20H21N3O3. The number of rotatable bonds is 6. The zero-order chi connectivity index (χ0) is 18.4. The monoisotopic (exact) mass is 351 g/mol. The van der Waals surface area contributed by atoms with E-state index in [1.807, 2.05) is 24.3 Å². The van der Waals surface area contributed by atoms with Crippen LogP contribution in [0.15, 0.2) is 42.5 Å². The largest absolute Gasteiger partial charge is 0.493 e. The van der Waals surface area contributed by atoms with Crippen LogP contribution in [0.1, 0.15) is 18.4 Å². The summed E-state index contributed by atoms with van der Waals surface area (Å²) in [6, 6.07) is 14.7. The summed E-state index contributed by atoms with van der Waals surface area (Å²) in [5.41, 5.74) is 2.34. The number of hydrogen-bond donors (Lipinski definition) is 1. The Morgan fingerprint density at radius 1 is 1.19 bits per heavy atom. The highest BCUT2D eigenvalue weighted by Gasteiger charge is 2.13. The van der Waals surface area contributed by atoms with Crippen molar-refractivity contribution in [3.63, 3.8) is 0 Å². The van der Waals surface area contributed by atoms with Crippen molar-refractivity contribution in [3.05, 3.63) is 48.0 Å². The Kier molecular flexibility index (Phi) is 5.59. The predicted octanol–water partition coefficient (Wildman–Crippen LogP) is 3.18. The van der Waals surface area contributed by atoms with Crippen molar-refractivity contribution in [2.45, 2.75) is 12.8 Å². The molecule has 0 unspecified atom stereocenters. The topological polar surface area (TPSA) is 74.6 Å². The molecule has 1 aliphatic heterocycles. The third kappa shape index (κ3) is 4.25. The fourth-order valence-electron chi connectivity index (χ4n) is 2.95. The molecule has 1 amide bonds. The number of hydrogen-bond acceptors (Lipinski definition) is 5. The van der Waals surface area contributed by atoms with E-state index in [9.17, 15) is 4.79 Å². The number of nitriles is 1. The molecule has 2 aromatic carbocycles. The SMILES string of the molecule is COc1cc(C#N)ccc1OCC(=O)Nc1cccc(N2CCCC2)c1. The Bertz CT molecular complexity index is 823. The molecule has 0 aromatic heterocycles. The lowest BCUT2D eigenvalue weighted by molar-refractivity contribution is -0.118. The van der Waals surface area contributed by atoms with Gasteiger partial charge in [0.25, 0.3) is 5.91 Å². The molecule has 6 nitrogen and oxygen atoms in total. The smallest absolute Gasteiger partial charge is 0.262 e. The second kappa shape index (κ2) is 8.26. The van der Waals surface area contributed by atoms with Gasteiger partial charge in [-0.1, -0.05) is 6.07 Å². The Morgan fingerprint density at radius 2 is 2.00 bits per heavy atom. The van der Waals surface area contributed by atoms with Crippen LogP contribution in [0.3, 0.4) is 0 Å². The summed E-state index contributed by atoms with van der Waals surface area (Å²) >= 11 is 0. The summed E-state index contributed by atoms with van der Waals surface area (Å²) in [7, 11) is 1.49. The zero-order valence-electron chi connectivity index (χ0n) is 14.7. The molecule has 0 bridgehead atoms. The second-order valence-electron chi connectivity index (χ2n) is 6.06. The average Bonchev–Trinajstić information content (AvgIpc) is 3.21. The number of carbonyl (C=O) groups is 1. The van der Waals surface area contributed by atoms with Crippen LogP contribution in [0.4, 0.5) is 11.4 Å². The molecule has 1 N–H and O–H groups in total. The number of ether oxygens (including phenoxy) is 2. The molecule has 0 radical (unpaired) electrons. The van der Waals surface area contributed by atoms with Gasteiger partial charge in [0.2, 0.25) is 0 Å². The van der Waals surface area contributed by atoms with Crippen LogP contribution >= 0.6 is 0 Å². The first-order chi connectivity index (χ1) is 12.7. The standard InChI is InChI=1S/C20H21N3O3/c1-25-19-11-15(13-21)7-8-18(19)26-14-20(24)22-16-5-4-6-17(12-16)23-9-2-3-10-23/h4-8,11-12H,2-3,9-10,14H2,1H3,(H,22,24). The first-order valence-electron chi connectivity index (χ1n) is 8.55. The Hall–Kier alpha value is -3.20. The summed E-state index contributed by atoms with van der Waals surface area (Å²) in [5, 5.41) is 11.8. The van der Waals surface area contributed by atoms with E-state index in [0.29, 0.717) is 17.1 Å². The predicted molar refractivity (Wildman–Crippen MR) is 99.7 cm³/mol. The number of anilines is 2. The molecule has 1 heterocycles. The summed E-state index contributed by atoms with van der Waals surface area (Å²) in [5.74, 6) is 0.593. The number of carbonyl (C=O) groups excluding carboxylic acids is 1. The molecule has 1 fully saturated rings. The lowest BCUT2D eigenvalue weighted by Gasteiger charge is -2.18. The summed E-state index contributed by atoms with van der Waals surface area (Å²) in [6.07, 6.45) is 2.41. The lowest BCUT2D eigenvalue weighted by atomic mass is 10.2. The third-order valence-corrected chi connectivity index (χ3v) is 4.25. The van der Waals surface area contributed by atoms with Crippen LogP contribution < -0.4 is 19.7 Å². The minimum absolute atomic E-state index is 0.143. The first-order valence-corrected chi connectivity index (χ1v) is 8.55. The van der Waals surface area contributed by atoms with E-state index in [1.54, 1.807) is 18.2 Å². The van der Waals surface area contributed by atoms with Gasteiger partial charge in [-0.05, 0) is 43.2 Å². The zero-order valence-corrected chi connectivity index (χ0v) is 14.7. The van der Waals surface area contributed by atoms with Crippen LogP contribution in [-0.4, -0.2) is 32.7 Å². The quantitative estimate of drug-likeness (QED) is 0.865. The minimum Gasteiger partial charge on any atom is -0.493 e. The lowest BCUT2D eigenvalue weighted by Crippen LogP contribution is -2.21. The van der Waals surface area contributed by atoms with E-state index >= 15 is 0 Å². The maximum absolute atomic E-state index is 12.2. The molecule has 0 spiro atoms. The molecule has 1 aliphatic rings. The van der Waals surface area contributed by atoms with Gasteiger partial charge in [0.1, 0.15) is 0 Å². The van der Waals surface area contributed by atoms with Gasteiger partial charge < -0.3 is 19.7 Å². The van der Waals surface area contributed by atoms with E-state index < -0.39 is 0 Å². The second-order valence-corrected chi connectivity index (χ2v) is 6.06. The van der Waals surface area contributed by atoms with E-state index in [1.165, 1.54) is 20.0 Å². The van der Waals surface area contributed by atoms with Crippen molar-refractivity contribution in [2.24, 2.45) is 0 Å². The van der Waals surface area contributed by atoms with E-state index in [-0.39, 0.29) is 12.5 Å². The summed E-state index contributed by atoms with van der Waals surface area (Å²) in [6.45, 7) is 1.97. The highest BCUT2D eigenvalue weighted by atomic mass is 16.5. The van der Waals surface area contributed by atoms with Gasteiger partial charge in [0.05, 0.1) is 18.7 Å². The fraction of sp³-hybridized carbons (Fsp3) is 0.300. The maximum Gasteiger partial charge on any atom is 0.262 e. The van der Waals surface area contributed by atoms with Crippen molar-refractivity contribution in [1.29, 1.82) is 5.26 Å². The Balaban J connectivity index is 1.59. The van der Waals surface area contributed by atoms with Gasteiger partial charge in [-0.2, -0.15) is 5.26 Å². The average molecular weight is 351 g/mol. The fourth-order valence-corrected chi connectivity index (χ4v) is 2.95. The Morgan fingerprint density at radius 3 is 2.73 bits per heavy atom. The Labute approximate surface area is 152 Å². The molecule has 134 valence electrons. The van der Waals surface area contributed by atoms with Crippen molar-refractivity contribution in [3.8, 4) is 17.6 Å². The minimum atomic E-state index is -0.255. The van der Waals surface area contributed by atoms with Gasteiger partial charge in [0.15, 0.2) is 18.1 Å². The van der Waals surface area contributed by atoms with Crippen LogP contribution in [0.5, 0.6) is 11.5 Å². The summed E-state index contributed by atoms with van der Waals surface area (Å²) < 4.78 is 10.7. The normalized spacial score (nSPS) is 13.2. The molecule has 0 atom stereocenters. The third-order valence-electron chi connectivity index (χ3n) is 4.25. The maximum atomic E-state index is 12.2.